The van der Waals surface area contributed by atoms with Crippen LogP contribution in [0.3, 0.4) is 0 Å². The van der Waals surface area contributed by atoms with E-state index in [2.05, 4.69) is 0 Å². The Morgan fingerprint density at radius 2 is 2.00 bits per heavy atom. The van der Waals surface area contributed by atoms with Gasteiger partial charge in [0.15, 0.2) is 0 Å². The molecule has 2 N–H and O–H groups in total. The third-order valence-corrected chi connectivity index (χ3v) is 4.15. The Kier molecular flexibility index (Phi) is 2.80. The van der Waals surface area contributed by atoms with Gasteiger partial charge in [0, 0.05) is 0 Å². The second-order valence-corrected chi connectivity index (χ2v) is 5.96. The van der Waals surface area contributed by atoms with E-state index >= 15 is 0 Å². The molecule has 0 spiro atoms. The van der Waals surface area contributed by atoms with Crippen molar-refractivity contribution in [2.45, 2.75) is 6.92 Å². The van der Waals surface area contributed by atoms with E-state index in [4.69, 9.17) is 8.19 Å². The summed E-state index contributed by atoms with van der Waals surface area (Å²) in [5, 5.41) is 10.5. The van der Waals surface area contributed by atoms with Crippen LogP contribution in [0.5, 0.6) is 0 Å². The Morgan fingerprint density at radius 1 is 1.43 bits per heavy atom. The fraction of sp³-hybridized carbons (Fsp3) is 0.143. The van der Waals surface area contributed by atoms with Crippen molar-refractivity contribution in [1.82, 2.24) is 0 Å². The number of hydrogen-bond donors (Lipinski definition) is 2. The fourth-order valence-corrected chi connectivity index (χ4v) is 3.24. The van der Waals surface area contributed by atoms with E-state index in [1.54, 1.807) is 0 Å². The summed E-state index contributed by atoms with van der Waals surface area (Å²) >= 11 is -5.22. The van der Waals surface area contributed by atoms with Crippen LogP contribution in [0.2, 0.25) is 0 Å². The number of benzene rings is 1. The van der Waals surface area contributed by atoms with Crippen molar-refractivity contribution in [2.24, 2.45) is 0 Å². The monoisotopic (exact) mass is 261 g/mol. The Bertz CT molecular complexity index is 424. The van der Waals surface area contributed by atoms with Crippen molar-refractivity contribution in [3.8, 4) is 0 Å². The van der Waals surface area contributed by atoms with Crippen LogP contribution in [0.1, 0.15) is 5.56 Å². The van der Waals surface area contributed by atoms with Gasteiger partial charge >= 0.3 is 81.9 Å². The number of nitrogens with zero attached hydrogens (tertiary/aromatic N) is 1. The van der Waals surface area contributed by atoms with Crippen molar-refractivity contribution in [3.63, 3.8) is 0 Å². The minimum absolute atomic E-state index is 0.242. The van der Waals surface area contributed by atoms with Crippen molar-refractivity contribution in [1.29, 1.82) is 0 Å². The van der Waals surface area contributed by atoms with Crippen molar-refractivity contribution >= 4 is 24.2 Å². The van der Waals surface area contributed by atoms with Crippen LogP contribution in [-0.4, -0.2) is 27.3 Å². The van der Waals surface area contributed by atoms with Gasteiger partial charge < -0.3 is 0 Å². The van der Waals surface area contributed by atoms with E-state index in [9.17, 15) is 13.9 Å². The number of rotatable bonds is 2. The topological polar surface area (TPSA) is 101 Å². The van der Waals surface area contributed by atoms with E-state index in [1.165, 1.54) is 19.1 Å². The molecule has 14 heavy (non-hydrogen) atoms. The molecule has 0 aromatic heterocycles. The Labute approximate surface area is 82.3 Å². The molecule has 0 aliphatic heterocycles. The summed E-state index contributed by atoms with van der Waals surface area (Å²) in [5.74, 6) is 0. The molecule has 1 rings (SSSR count). The molecule has 1 aromatic carbocycles. The third-order valence-electron chi connectivity index (χ3n) is 1.70. The van der Waals surface area contributed by atoms with E-state index in [-0.39, 0.29) is 5.56 Å². The van der Waals surface area contributed by atoms with Crippen molar-refractivity contribution in [2.75, 3.05) is 0 Å². The summed E-state index contributed by atoms with van der Waals surface area (Å²) in [6.07, 6.45) is 0. The second kappa shape index (κ2) is 3.57. The van der Waals surface area contributed by atoms with Gasteiger partial charge in [-0.1, -0.05) is 0 Å². The molecule has 0 atom stereocenters. The minimum atomic E-state index is -5.22. The van der Waals surface area contributed by atoms with E-state index < -0.39 is 29.1 Å². The maximum absolute atomic E-state index is 11.0. The number of aryl methyl sites for hydroxylation is 1. The van der Waals surface area contributed by atoms with Gasteiger partial charge in [0.05, 0.1) is 0 Å². The van der Waals surface area contributed by atoms with Gasteiger partial charge in [-0.25, -0.2) is 0 Å². The predicted molar refractivity (Wildman–Crippen MR) is 48.3 cm³/mol. The van der Waals surface area contributed by atoms with Crippen LogP contribution in [0.4, 0.5) is 5.69 Å². The molecular weight excluding hydrogens is 253 g/mol. The fourth-order valence-electron chi connectivity index (χ4n) is 1.17. The zero-order valence-electron chi connectivity index (χ0n) is 7.25. The van der Waals surface area contributed by atoms with Gasteiger partial charge in [-0.15, -0.1) is 0 Å². The van der Waals surface area contributed by atoms with Gasteiger partial charge in [0.2, 0.25) is 0 Å². The number of hydrogen-bond acceptors (Lipinski definition) is 3. The van der Waals surface area contributed by atoms with Crippen LogP contribution in [0, 0.1) is 17.0 Å². The average molecular weight is 261 g/mol. The van der Waals surface area contributed by atoms with Crippen LogP contribution in [0.15, 0.2) is 18.2 Å². The summed E-state index contributed by atoms with van der Waals surface area (Å²) in [4.78, 5) is 9.70. The molecule has 0 unspecified atom stereocenters. The van der Waals surface area contributed by atoms with Crippen LogP contribution in [0.25, 0.3) is 0 Å². The molecule has 0 amide bonds. The zero-order chi connectivity index (χ0) is 10.9. The summed E-state index contributed by atoms with van der Waals surface area (Å²) < 4.78 is 28.5. The third kappa shape index (κ3) is 2.04. The molecule has 6 nitrogen and oxygen atoms in total. The SMILES string of the molecule is Cc1cccc([N+](=O)[O-])c1[As](=O)(O)O. The van der Waals surface area contributed by atoms with E-state index in [1.807, 2.05) is 0 Å². The first-order valence-corrected chi connectivity index (χ1v) is 7.02. The molecule has 0 fully saturated rings. The Balaban J connectivity index is 3.54. The first-order valence-electron chi connectivity index (χ1n) is 3.64. The molecule has 0 heterocycles. The first-order chi connectivity index (χ1) is 6.34. The Morgan fingerprint density at radius 3 is 2.36 bits per heavy atom. The summed E-state index contributed by atoms with van der Waals surface area (Å²) in [6.45, 7) is 1.43. The van der Waals surface area contributed by atoms with Gasteiger partial charge in [-0.05, 0) is 0 Å². The standard InChI is InChI=1S/C7H8AsNO5/c1-5-3-2-4-6(9(13)14)7(5)8(10,11)12/h2-4H,1H3,(H2,10,11,12). The molecule has 7 heteroatoms. The van der Waals surface area contributed by atoms with E-state index in [0.29, 0.717) is 0 Å². The molecule has 0 aliphatic carbocycles. The quantitative estimate of drug-likeness (QED) is 0.423. The molecule has 0 bridgehead atoms. The molecular formula is C7H8AsNO5. The van der Waals surface area contributed by atoms with Gasteiger partial charge in [0.25, 0.3) is 0 Å². The molecule has 0 radical (unpaired) electrons. The normalized spacial score (nSPS) is 11.4. The zero-order valence-corrected chi connectivity index (χ0v) is 9.12. The number of nitro benzene ring substituents is 1. The summed E-state index contributed by atoms with van der Waals surface area (Å²) in [6, 6.07) is 3.91. The molecule has 0 aliphatic rings. The average Bonchev–Trinajstić information content (AvgIpc) is 2.01. The van der Waals surface area contributed by atoms with Crippen LogP contribution < -0.4 is 4.35 Å². The van der Waals surface area contributed by atoms with Gasteiger partial charge in [-0.2, -0.15) is 0 Å². The van der Waals surface area contributed by atoms with Crippen LogP contribution in [-0.2, 0) is 3.74 Å². The molecule has 0 saturated heterocycles. The first kappa shape index (κ1) is 11.0. The summed E-state index contributed by atoms with van der Waals surface area (Å²) in [5.41, 5.74) is -0.274. The van der Waals surface area contributed by atoms with Crippen molar-refractivity contribution < 1.29 is 16.9 Å². The van der Waals surface area contributed by atoms with Gasteiger partial charge in [-0.3, -0.25) is 0 Å². The number of nitro groups is 1. The Hall–Kier alpha value is -1.10. The van der Waals surface area contributed by atoms with E-state index in [0.717, 1.165) is 6.07 Å². The van der Waals surface area contributed by atoms with Crippen LogP contribution >= 0.6 is 0 Å². The predicted octanol–water partition coefficient (Wildman–Crippen LogP) is -0.536. The molecule has 1 aromatic rings. The molecule has 0 saturated carbocycles. The van der Waals surface area contributed by atoms with Crippen molar-refractivity contribution in [3.05, 3.63) is 33.9 Å². The van der Waals surface area contributed by atoms with Gasteiger partial charge in [0.1, 0.15) is 0 Å². The second-order valence-electron chi connectivity index (χ2n) is 2.74. The maximum atomic E-state index is 11.0. The molecule has 76 valence electrons. The summed E-state index contributed by atoms with van der Waals surface area (Å²) in [7, 11) is 0.